The van der Waals surface area contributed by atoms with E-state index in [0.717, 1.165) is 11.1 Å². The van der Waals surface area contributed by atoms with Crippen LogP contribution >= 0.6 is 0 Å². The summed E-state index contributed by atoms with van der Waals surface area (Å²) in [6.07, 6.45) is 0. The van der Waals surface area contributed by atoms with Gasteiger partial charge in [-0.25, -0.2) is 5.43 Å². The molecular formula is C19H19N3O3. The van der Waals surface area contributed by atoms with Gasteiger partial charge < -0.3 is 14.5 Å². The number of methoxy groups -OCH3 is 1. The van der Waals surface area contributed by atoms with Crippen molar-refractivity contribution in [3.63, 3.8) is 0 Å². The third-order valence-corrected chi connectivity index (χ3v) is 3.66. The Morgan fingerprint density at radius 3 is 2.72 bits per heavy atom. The van der Waals surface area contributed by atoms with Gasteiger partial charge in [0.2, 0.25) is 0 Å². The molecule has 128 valence electrons. The van der Waals surface area contributed by atoms with Crippen LogP contribution < -0.4 is 15.5 Å². The largest absolute Gasteiger partial charge is 0.493 e. The maximum atomic E-state index is 11.9. The summed E-state index contributed by atoms with van der Waals surface area (Å²) in [5.74, 6) is 1.00. The molecule has 0 aliphatic rings. The van der Waals surface area contributed by atoms with E-state index in [9.17, 15) is 4.79 Å². The Bertz CT molecular complexity index is 901. The molecular weight excluding hydrogens is 318 g/mol. The highest BCUT2D eigenvalue weighted by Crippen LogP contribution is 2.28. The average molecular weight is 337 g/mol. The van der Waals surface area contributed by atoms with Crippen molar-refractivity contribution in [1.82, 2.24) is 5.43 Å². The Labute approximate surface area is 145 Å². The standard InChI is InChI=1S/C19H19N3O3/c1-13(17-11-14-7-6-10-16(24-2)19(14)25-17)21-22-18(23)12-20-15-8-4-3-5-9-15/h3-11,20H,12H2,1-2H3,(H,22,23)/b21-13-. The fraction of sp³-hybridized carbons (Fsp3) is 0.158. The van der Waals surface area contributed by atoms with Crippen LogP contribution in [0.2, 0.25) is 0 Å². The van der Waals surface area contributed by atoms with Gasteiger partial charge in [0, 0.05) is 11.1 Å². The Morgan fingerprint density at radius 1 is 1.16 bits per heavy atom. The van der Waals surface area contributed by atoms with Crippen LogP contribution in [-0.4, -0.2) is 25.3 Å². The van der Waals surface area contributed by atoms with Crippen LogP contribution in [0.15, 0.2) is 64.1 Å². The third kappa shape index (κ3) is 3.98. The summed E-state index contributed by atoms with van der Waals surface area (Å²) in [6, 6.07) is 17.0. The smallest absolute Gasteiger partial charge is 0.259 e. The third-order valence-electron chi connectivity index (χ3n) is 3.66. The minimum absolute atomic E-state index is 0.134. The first kappa shape index (κ1) is 16.6. The predicted molar refractivity (Wildman–Crippen MR) is 98.1 cm³/mol. The van der Waals surface area contributed by atoms with Gasteiger partial charge in [-0.1, -0.05) is 30.3 Å². The molecule has 6 heteroatoms. The zero-order valence-corrected chi connectivity index (χ0v) is 14.1. The molecule has 0 unspecified atom stereocenters. The Balaban J connectivity index is 1.64. The molecule has 2 N–H and O–H groups in total. The van der Waals surface area contributed by atoms with Crippen LogP contribution in [0.3, 0.4) is 0 Å². The second-order valence-corrected chi connectivity index (χ2v) is 5.44. The molecule has 0 saturated heterocycles. The van der Waals surface area contributed by atoms with E-state index in [1.54, 1.807) is 14.0 Å². The number of nitrogens with zero attached hydrogens (tertiary/aromatic N) is 1. The Kier molecular flexibility index (Phi) is 4.99. The fourth-order valence-corrected chi connectivity index (χ4v) is 2.35. The highest BCUT2D eigenvalue weighted by molar-refractivity contribution is 6.01. The number of hydrogen-bond donors (Lipinski definition) is 2. The second kappa shape index (κ2) is 7.53. The zero-order valence-electron chi connectivity index (χ0n) is 14.1. The maximum absolute atomic E-state index is 11.9. The molecule has 0 saturated carbocycles. The lowest BCUT2D eigenvalue weighted by Crippen LogP contribution is -2.26. The van der Waals surface area contributed by atoms with Gasteiger partial charge in [-0.15, -0.1) is 0 Å². The van der Waals surface area contributed by atoms with Gasteiger partial charge in [-0.3, -0.25) is 4.79 Å². The quantitative estimate of drug-likeness (QED) is 0.534. The number of anilines is 1. The SMILES string of the molecule is COc1cccc2cc(/C(C)=N\NC(=O)CNc3ccccc3)oc12. The van der Waals surface area contributed by atoms with Crippen molar-refractivity contribution in [3.05, 3.63) is 60.4 Å². The molecule has 0 atom stereocenters. The molecule has 0 radical (unpaired) electrons. The average Bonchev–Trinajstić information content (AvgIpc) is 3.09. The summed E-state index contributed by atoms with van der Waals surface area (Å²) in [6.45, 7) is 1.91. The first-order chi connectivity index (χ1) is 12.2. The van der Waals surface area contributed by atoms with Crippen LogP contribution in [0.1, 0.15) is 12.7 Å². The molecule has 0 spiro atoms. The van der Waals surface area contributed by atoms with Gasteiger partial charge in [0.15, 0.2) is 17.1 Å². The summed E-state index contributed by atoms with van der Waals surface area (Å²) >= 11 is 0. The molecule has 1 aromatic heterocycles. The zero-order chi connectivity index (χ0) is 17.6. The van der Waals surface area contributed by atoms with E-state index in [0.29, 0.717) is 22.8 Å². The Morgan fingerprint density at radius 2 is 1.96 bits per heavy atom. The van der Waals surface area contributed by atoms with Crippen LogP contribution in [-0.2, 0) is 4.79 Å². The number of hydrogen-bond acceptors (Lipinski definition) is 5. The minimum atomic E-state index is -0.239. The minimum Gasteiger partial charge on any atom is -0.493 e. The lowest BCUT2D eigenvalue weighted by Gasteiger charge is -2.05. The number of rotatable bonds is 6. The van der Waals surface area contributed by atoms with Crippen LogP contribution in [0.4, 0.5) is 5.69 Å². The first-order valence-electron chi connectivity index (χ1n) is 7.86. The second-order valence-electron chi connectivity index (χ2n) is 5.44. The van der Waals surface area contributed by atoms with Gasteiger partial charge in [-0.05, 0) is 31.2 Å². The number of nitrogens with one attached hydrogen (secondary N) is 2. The van der Waals surface area contributed by atoms with E-state index < -0.39 is 0 Å². The lowest BCUT2D eigenvalue weighted by molar-refractivity contribution is -0.119. The van der Waals surface area contributed by atoms with Crippen molar-refractivity contribution in [1.29, 1.82) is 0 Å². The first-order valence-corrected chi connectivity index (χ1v) is 7.86. The number of fused-ring (bicyclic) bond motifs is 1. The van der Waals surface area contributed by atoms with Crippen LogP contribution in [0.5, 0.6) is 5.75 Å². The molecule has 0 aliphatic carbocycles. The molecule has 2 aromatic carbocycles. The molecule has 1 amide bonds. The predicted octanol–water partition coefficient (Wildman–Crippen LogP) is 3.39. The van der Waals surface area contributed by atoms with Crippen molar-refractivity contribution in [2.75, 3.05) is 19.0 Å². The number of furan rings is 1. The number of carbonyl (C=O) groups is 1. The molecule has 0 bridgehead atoms. The lowest BCUT2D eigenvalue weighted by atomic mass is 10.2. The van der Waals surface area contributed by atoms with Crippen molar-refractivity contribution in [3.8, 4) is 5.75 Å². The molecule has 6 nitrogen and oxygen atoms in total. The number of ether oxygens (including phenoxy) is 1. The summed E-state index contributed by atoms with van der Waals surface area (Å²) in [7, 11) is 1.60. The van der Waals surface area contributed by atoms with Gasteiger partial charge >= 0.3 is 0 Å². The maximum Gasteiger partial charge on any atom is 0.259 e. The van der Waals surface area contributed by atoms with Crippen molar-refractivity contribution >= 4 is 28.3 Å². The summed E-state index contributed by atoms with van der Waals surface area (Å²) in [5.41, 5.74) is 4.63. The van der Waals surface area contributed by atoms with Gasteiger partial charge in [0.25, 0.3) is 5.91 Å². The monoisotopic (exact) mass is 337 g/mol. The van der Waals surface area contributed by atoms with E-state index in [1.165, 1.54) is 0 Å². The van der Waals surface area contributed by atoms with E-state index in [4.69, 9.17) is 9.15 Å². The molecule has 3 rings (SSSR count). The number of para-hydroxylation sites is 2. The number of hydrazone groups is 1. The van der Waals surface area contributed by atoms with Crippen molar-refractivity contribution < 1.29 is 13.9 Å². The van der Waals surface area contributed by atoms with E-state index in [1.807, 2.05) is 54.6 Å². The van der Waals surface area contributed by atoms with Crippen LogP contribution in [0.25, 0.3) is 11.0 Å². The summed E-state index contributed by atoms with van der Waals surface area (Å²) in [5, 5.41) is 8.04. The normalized spacial score (nSPS) is 11.4. The molecule has 0 fully saturated rings. The topological polar surface area (TPSA) is 75.9 Å². The van der Waals surface area contributed by atoms with Gasteiger partial charge in [0.05, 0.1) is 13.7 Å². The number of carbonyl (C=O) groups excluding carboxylic acids is 1. The van der Waals surface area contributed by atoms with Crippen molar-refractivity contribution in [2.24, 2.45) is 5.10 Å². The number of benzene rings is 2. The molecule has 3 aromatic rings. The van der Waals surface area contributed by atoms with Gasteiger partial charge in [-0.2, -0.15) is 5.10 Å². The summed E-state index contributed by atoms with van der Waals surface area (Å²) < 4.78 is 11.1. The molecule has 1 heterocycles. The van der Waals surface area contributed by atoms with Crippen molar-refractivity contribution in [2.45, 2.75) is 6.92 Å². The number of amides is 1. The fourth-order valence-electron chi connectivity index (χ4n) is 2.35. The van der Waals surface area contributed by atoms with E-state index in [2.05, 4.69) is 15.8 Å². The molecule has 25 heavy (non-hydrogen) atoms. The van der Waals surface area contributed by atoms with Gasteiger partial charge in [0.1, 0.15) is 5.71 Å². The summed E-state index contributed by atoms with van der Waals surface area (Å²) in [4.78, 5) is 11.9. The van der Waals surface area contributed by atoms with Crippen LogP contribution in [0, 0.1) is 0 Å². The molecule has 0 aliphatic heterocycles. The van der Waals surface area contributed by atoms with E-state index in [-0.39, 0.29) is 12.5 Å². The Hall–Kier alpha value is -3.28. The van der Waals surface area contributed by atoms with E-state index >= 15 is 0 Å². The highest BCUT2D eigenvalue weighted by atomic mass is 16.5. The highest BCUT2D eigenvalue weighted by Gasteiger charge is 2.11.